The number of aliphatic hydroxyl groups excluding tert-OH is 1. The number of methoxy groups -OCH3 is 1. The Balaban J connectivity index is 1.86. The van der Waals surface area contributed by atoms with Crippen molar-refractivity contribution in [2.24, 2.45) is 0 Å². The number of carbonyl (C=O) groups is 1. The van der Waals surface area contributed by atoms with Crippen molar-refractivity contribution >= 4 is 5.91 Å². The van der Waals surface area contributed by atoms with Crippen LogP contribution in [0.4, 0.5) is 8.78 Å². The van der Waals surface area contributed by atoms with E-state index in [1.54, 1.807) is 17.0 Å². The van der Waals surface area contributed by atoms with E-state index in [0.29, 0.717) is 45.2 Å². The van der Waals surface area contributed by atoms with Crippen LogP contribution in [0, 0.1) is 11.6 Å². The molecule has 37 heavy (non-hydrogen) atoms. The second-order valence-corrected chi connectivity index (χ2v) is 9.05. The minimum absolute atomic E-state index is 0.0331. The number of aromatic nitrogens is 1. The summed E-state index contributed by atoms with van der Waals surface area (Å²) in [7, 11) is 1.57. The number of nitrogens with zero attached hydrogens (tertiary/aromatic N) is 3. The summed E-state index contributed by atoms with van der Waals surface area (Å²) in [6, 6.07) is 2.95. The summed E-state index contributed by atoms with van der Waals surface area (Å²) < 4.78 is 39.2. The minimum Gasteiger partial charge on any atom is -0.503 e. The number of amides is 1. The van der Waals surface area contributed by atoms with Crippen LogP contribution in [0.15, 0.2) is 29.2 Å². The number of aliphatic hydroxyl groups is 1. The molecule has 2 aromatic rings. The molecule has 0 aliphatic carbocycles. The first-order valence-corrected chi connectivity index (χ1v) is 12.1. The topological polar surface area (TPSA) is 116 Å². The number of pyridine rings is 1. The highest BCUT2D eigenvalue weighted by Crippen LogP contribution is 2.29. The van der Waals surface area contributed by atoms with Crippen molar-refractivity contribution < 1.29 is 33.3 Å². The van der Waals surface area contributed by atoms with Gasteiger partial charge in [0.1, 0.15) is 22.9 Å². The lowest BCUT2D eigenvalue weighted by atomic mass is 10.1. The van der Waals surface area contributed by atoms with Crippen LogP contribution in [0.1, 0.15) is 54.5 Å². The third-order valence-electron chi connectivity index (χ3n) is 5.95. The fraction of sp³-hybridized carbons (Fsp3) is 0.520. The summed E-state index contributed by atoms with van der Waals surface area (Å²) in [5, 5.41) is 26.0. The molecule has 1 amide bonds. The molecule has 3 N–H and O–H groups in total. The summed E-state index contributed by atoms with van der Waals surface area (Å²) in [6.07, 6.45) is 1.25. The van der Waals surface area contributed by atoms with Gasteiger partial charge in [0.15, 0.2) is 12.0 Å². The molecule has 0 fully saturated rings. The van der Waals surface area contributed by atoms with Crippen molar-refractivity contribution in [2.75, 3.05) is 45.1 Å². The Labute approximate surface area is 214 Å². The first kappa shape index (κ1) is 28.5. The fourth-order valence-corrected chi connectivity index (χ4v) is 4.05. The van der Waals surface area contributed by atoms with Gasteiger partial charge >= 0.3 is 0 Å². The molecule has 1 aromatic carbocycles. The maximum atomic E-state index is 13.9. The molecule has 1 aliphatic heterocycles. The highest BCUT2D eigenvalue weighted by atomic mass is 19.1. The maximum absolute atomic E-state index is 13.9. The molecule has 1 aromatic heterocycles. The number of hydrogen-bond donors (Lipinski definition) is 3. The SMILES string of the molecule is COCCCN1CN(CCCOC(C)C)C(O)c2c(O)c(=O)c(C(=O)NCc3ccc(F)cc3F)cn21. The highest BCUT2D eigenvalue weighted by Gasteiger charge is 2.34. The molecule has 0 saturated heterocycles. The molecule has 1 atom stereocenters. The van der Waals surface area contributed by atoms with Crippen molar-refractivity contribution in [1.29, 1.82) is 0 Å². The molecule has 204 valence electrons. The Bertz CT molecular complexity index is 1140. The lowest BCUT2D eigenvalue weighted by Crippen LogP contribution is -2.54. The summed E-state index contributed by atoms with van der Waals surface area (Å²) >= 11 is 0. The van der Waals surface area contributed by atoms with Crippen LogP contribution in [0.3, 0.4) is 0 Å². The van der Waals surface area contributed by atoms with E-state index in [9.17, 15) is 28.6 Å². The van der Waals surface area contributed by atoms with Crippen molar-refractivity contribution in [1.82, 2.24) is 14.9 Å². The van der Waals surface area contributed by atoms with Gasteiger partial charge in [-0.15, -0.1) is 0 Å². The van der Waals surface area contributed by atoms with Gasteiger partial charge < -0.3 is 25.0 Å². The zero-order chi connectivity index (χ0) is 27.1. The van der Waals surface area contributed by atoms with Crippen molar-refractivity contribution in [2.45, 2.75) is 45.6 Å². The van der Waals surface area contributed by atoms with Crippen molar-refractivity contribution in [3.63, 3.8) is 0 Å². The van der Waals surface area contributed by atoms with Crippen molar-refractivity contribution in [3.05, 3.63) is 63.1 Å². The number of ether oxygens (including phenoxy) is 2. The highest BCUT2D eigenvalue weighted by molar-refractivity contribution is 5.94. The Morgan fingerprint density at radius 3 is 2.62 bits per heavy atom. The molecular weight excluding hydrogens is 490 g/mol. The van der Waals surface area contributed by atoms with Gasteiger partial charge in [0.05, 0.1) is 12.8 Å². The van der Waals surface area contributed by atoms with Gasteiger partial charge in [0, 0.05) is 57.8 Å². The first-order chi connectivity index (χ1) is 17.6. The van der Waals surface area contributed by atoms with Gasteiger partial charge in [-0.05, 0) is 32.8 Å². The number of fused-ring (bicyclic) bond motifs is 1. The molecule has 10 nitrogen and oxygen atoms in total. The van der Waals surface area contributed by atoms with Gasteiger partial charge in [0.2, 0.25) is 5.43 Å². The van der Waals surface area contributed by atoms with Crippen LogP contribution in [0.5, 0.6) is 5.75 Å². The molecule has 0 radical (unpaired) electrons. The lowest BCUT2D eigenvalue weighted by Gasteiger charge is -2.43. The van der Waals surface area contributed by atoms with E-state index in [-0.39, 0.29) is 36.1 Å². The fourth-order valence-electron chi connectivity index (χ4n) is 4.05. The lowest BCUT2D eigenvalue weighted by molar-refractivity contribution is -0.0330. The largest absolute Gasteiger partial charge is 0.503 e. The second kappa shape index (κ2) is 13.0. The first-order valence-electron chi connectivity index (χ1n) is 12.1. The van der Waals surface area contributed by atoms with Crippen LogP contribution < -0.4 is 15.8 Å². The number of hydrogen-bond acceptors (Lipinski definition) is 8. The van der Waals surface area contributed by atoms with Gasteiger partial charge in [-0.1, -0.05) is 6.07 Å². The monoisotopic (exact) mass is 524 g/mol. The van der Waals surface area contributed by atoms with Gasteiger partial charge in [-0.25, -0.2) is 8.78 Å². The van der Waals surface area contributed by atoms with E-state index >= 15 is 0 Å². The van der Waals surface area contributed by atoms with Crippen LogP contribution in [0.2, 0.25) is 0 Å². The molecule has 0 saturated carbocycles. The third-order valence-corrected chi connectivity index (χ3v) is 5.95. The summed E-state index contributed by atoms with van der Waals surface area (Å²) in [5.74, 6) is -3.19. The smallest absolute Gasteiger partial charge is 0.257 e. The van der Waals surface area contributed by atoms with E-state index in [0.717, 1.165) is 6.07 Å². The van der Waals surface area contributed by atoms with Gasteiger partial charge in [-0.3, -0.25) is 24.2 Å². The zero-order valence-corrected chi connectivity index (χ0v) is 21.2. The van der Waals surface area contributed by atoms with E-state index in [2.05, 4.69) is 5.32 Å². The maximum Gasteiger partial charge on any atom is 0.257 e. The number of aromatic hydroxyl groups is 1. The molecule has 1 unspecified atom stereocenters. The van der Waals surface area contributed by atoms with E-state index in [1.165, 1.54) is 16.9 Å². The standard InChI is InChI=1S/C25H34F2N4O6/c1-16(2)37-11-4-8-29-15-30(9-5-10-36-3)31-14-19(22(32)23(33)21(31)25(29)35)24(34)28-13-17-6-7-18(26)12-20(17)27/h6-7,12,14,16,25,33,35H,4-5,8-11,13,15H2,1-3H3,(H,28,34). The molecule has 0 spiro atoms. The van der Waals surface area contributed by atoms with E-state index in [1.807, 2.05) is 13.8 Å². The Kier molecular flexibility index (Phi) is 9.98. The van der Waals surface area contributed by atoms with E-state index < -0.39 is 34.9 Å². The minimum atomic E-state index is -1.30. The molecule has 3 rings (SSSR count). The normalized spacial score (nSPS) is 15.8. The average Bonchev–Trinajstić information content (AvgIpc) is 2.85. The number of carbonyl (C=O) groups excluding carboxylic acids is 1. The van der Waals surface area contributed by atoms with E-state index in [4.69, 9.17) is 9.47 Å². The molecule has 0 bridgehead atoms. The van der Waals surface area contributed by atoms with Crippen LogP contribution >= 0.6 is 0 Å². The number of halogens is 2. The van der Waals surface area contributed by atoms with Crippen LogP contribution in [-0.4, -0.2) is 71.9 Å². The Morgan fingerprint density at radius 2 is 1.95 bits per heavy atom. The summed E-state index contributed by atoms with van der Waals surface area (Å²) in [5.41, 5.74) is -1.37. The van der Waals surface area contributed by atoms with Crippen LogP contribution in [-0.2, 0) is 16.0 Å². The molecule has 1 aliphatic rings. The predicted molar refractivity (Wildman–Crippen MR) is 132 cm³/mol. The van der Waals surface area contributed by atoms with Crippen LogP contribution in [0.25, 0.3) is 0 Å². The summed E-state index contributed by atoms with van der Waals surface area (Å²) in [6.45, 7) is 5.64. The number of nitrogens with one attached hydrogen (secondary N) is 1. The van der Waals surface area contributed by atoms with Gasteiger partial charge in [-0.2, -0.15) is 0 Å². The van der Waals surface area contributed by atoms with Crippen molar-refractivity contribution in [3.8, 4) is 5.75 Å². The Morgan fingerprint density at radius 1 is 1.22 bits per heavy atom. The molecule has 12 heteroatoms. The number of rotatable bonds is 12. The second-order valence-electron chi connectivity index (χ2n) is 9.05. The predicted octanol–water partition coefficient (Wildman–Crippen LogP) is 1.82. The quantitative estimate of drug-likeness (QED) is 0.360. The zero-order valence-electron chi connectivity index (χ0n) is 21.2. The number of benzene rings is 1. The average molecular weight is 525 g/mol. The third kappa shape index (κ3) is 7.04. The Hall–Kier alpha value is -3.06. The molecule has 2 heterocycles. The summed E-state index contributed by atoms with van der Waals surface area (Å²) in [4.78, 5) is 27.5. The van der Waals surface area contributed by atoms with Gasteiger partial charge in [0.25, 0.3) is 5.91 Å². The molecular formula is C25H34F2N4O6.